The molecule has 0 amide bonds. The van der Waals surface area contributed by atoms with Crippen molar-refractivity contribution in [1.29, 1.82) is 0 Å². The molecular weight excluding hydrogens is 153 g/mol. The van der Waals surface area contributed by atoms with Crippen LogP contribution in [-0.4, -0.2) is 13.3 Å². The highest BCUT2D eigenvalue weighted by Gasteiger charge is 2.21. The van der Waals surface area contributed by atoms with Crippen LogP contribution in [0.5, 0.6) is 0 Å². The van der Waals surface area contributed by atoms with Crippen LogP contribution in [0.1, 0.15) is 12.0 Å². The van der Waals surface area contributed by atoms with E-state index in [1.54, 1.807) is 4.90 Å². The minimum atomic E-state index is -0.806. The number of fused-ring (bicyclic) bond motifs is 1. The highest BCUT2D eigenvalue weighted by Crippen LogP contribution is 2.29. The Balaban J connectivity index is 2.42. The molecule has 1 aromatic carbocycles. The predicted octanol–water partition coefficient (Wildman–Crippen LogP) is 2.36. The molecule has 0 fully saturated rings. The predicted molar refractivity (Wildman–Crippen MR) is 48.1 cm³/mol. The highest BCUT2D eigenvalue weighted by molar-refractivity contribution is 5.55. The van der Waals surface area contributed by atoms with Gasteiger partial charge in [-0.2, -0.15) is 0 Å². The lowest BCUT2D eigenvalue weighted by molar-refractivity contribution is 0.302. The third-order valence-corrected chi connectivity index (χ3v) is 2.44. The zero-order valence-corrected chi connectivity index (χ0v) is 7.13. The minimum absolute atomic E-state index is 0.619. The van der Waals surface area contributed by atoms with Gasteiger partial charge in [-0.05, 0) is 18.1 Å². The number of alkyl halides is 1. The van der Waals surface area contributed by atoms with Gasteiger partial charge in [0.2, 0.25) is 0 Å². The van der Waals surface area contributed by atoms with Crippen molar-refractivity contribution in [2.24, 2.45) is 0 Å². The molecule has 1 aliphatic heterocycles. The van der Waals surface area contributed by atoms with Crippen molar-refractivity contribution < 1.29 is 4.39 Å². The summed E-state index contributed by atoms with van der Waals surface area (Å²) in [5, 5.41) is 0. The van der Waals surface area contributed by atoms with E-state index in [4.69, 9.17) is 0 Å². The molecule has 0 saturated carbocycles. The highest BCUT2D eigenvalue weighted by atomic mass is 19.1. The van der Waals surface area contributed by atoms with E-state index >= 15 is 0 Å². The SMILES string of the molecule is CN1c2ccccc2CCC1F. The van der Waals surface area contributed by atoms with Crippen LogP contribution in [0.15, 0.2) is 24.3 Å². The van der Waals surface area contributed by atoms with Crippen LogP contribution >= 0.6 is 0 Å². The molecule has 64 valence electrons. The topological polar surface area (TPSA) is 3.24 Å². The Morgan fingerprint density at radius 3 is 3.00 bits per heavy atom. The molecular formula is C10H12FN. The summed E-state index contributed by atoms with van der Waals surface area (Å²) in [5.74, 6) is 0. The summed E-state index contributed by atoms with van der Waals surface area (Å²) in [7, 11) is 1.81. The monoisotopic (exact) mass is 165 g/mol. The number of aryl methyl sites for hydroxylation is 1. The molecule has 0 radical (unpaired) electrons. The van der Waals surface area contributed by atoms with Gasteiger partial charge in [-0.15, -0.1) is 0 Å². The summed E-state index contributed by atoms with van der Waals surface area (Å²) >= 11 is 0. The number of benzene rings is 1. The van der Waals surface area contributed by atoms with Gasteiger partial charge in [0.05, 0.1) is 0 Å². The minimum Gasteiger partial charge on any atom is -0.345 e. The maximum atomic E-state index is 13.2. The number of hydrogen-bond donors (Lipinski definition) is 0. The van der Waals surface area contributed by atoms with E-state index in [1.807, 2.05) is 25.2 Å². The fourth-order valence-corrected chi connectivity index (χ4v) is 1.69. The third kappa shape index (κ3) is 1.07. The molecule has 1 aromatic rings. The van der Waals surface area contributed by atoms with E-state index in [0.717, 1.165) is 12.1 Å². The molecule has 1 nitrogen and oxygen atoms in total. The van der Waals surface area contributed by atoms with E-state index in [1.165, 1.54) is 5.56 Å². The van der Waals surface area contributed by atoms with Crippen LogP contribution in [-0.2, 0) is 6.42 Å². The van der Waals surface area contributed by atoms with Gasteiger partial charge in [-0.25, -0.2) is 4.39 Å². The lowest BCUT2D eigenvalue weighted by Gasteiger charge is -2.30. The van der Waals surface area contributed by atoms with Crippen LogP contribution in [0, 0.1) is 0 Å². The van der Waals surface area contributed by atoms with Crippen molar-refractivity contribution in [3.05, 3.63) is 29.8 Å². The third-order valence-electron chi connectivity index (χ3n) is 2.44. The molecule has 0 spiro atoms. The molecule has 2 rings (SSSR count). The van der Waals surface area contributed by atoms with Gasteiger partial charge in [-0.1, -0.05) is 18.2 Å². The summed E-state index contributed by atoms with van der Waals surface area (Å²) in [4.78, 5) is 1.71. The Morgan fingerprint density at radius 1 is 1.42 bits per heavy atom. The Bertz CT molecular complexity index is 285. The summed E-state index contributed by atoms with van der Waals surface area (Å²) in [6, 6.07) is 8.00. The molecule has 12 heavy (non-hydrogen) atoms. The normalized spacial score (nSPS) is 22.2. The van der Waals surface area contributed by atoms with Gasteiger partial charge >= 0.3 is 0 Å². The van der Waals surface area contributed by atoms with Gasteiger partial charge in [0, 0.05) is 19.2 Å². The van der Waals surface area contributed by atoms with Crippen molar-refractivity contribution in [2.75, 3.05) is 11.9 Å². The molecule has 1 atom stereocenters. The van der Waals surface area contributed by atoms with Crippen LogP contribution in [0.4, 0.5) is 10.1 Å². The summed E-state index contributed by atoms with van der Waals surface area (Å²) < 4.78 is 13.2. The van der Waals surface area contributed by atoms with Crippen molar-refractivity contribution >= 4 is 5.69 Å². The number of anilines is 1. The second-order valence-electron chi connectivity index (χ2n) is 3.21. The average Bonchev–Trinajstić information content (AvgIpc) is 2.12. The molecule has 1 unspecified atom stereocenters. The maximum Gasteiger partial charge on any atom is 0.172 e. The second kappa shape index (κ2) is 2.77. The fraction of sp³-hybridized carbons (Fsp3) is 0.400. The number of para-hydroxylation sites is 1. The average molecular weight is 165 g/mol. The first-order chi connectivity index (χ1) is 5.79. The van der Waals surface area contributed by atoms with Gasteiger partial charge in [0.1, 0.15) is 0 Å². The number of nitrogens with zero attached hydrogens (tertiary/aromatic N) is 1. The van der Waals surface area contributed by atoms with E-state index in [9.17, 15) is 4.39 Å². The van der Waals surface area contributed by atoms with Gasteiger partial charge in [0.15, 0.2) is 6.30 Å². The first kappa shape index (κ1) is 7.59. The Kier molecular flexibility index (Phi) is 1.75. The largest absolute Gasteiger partial charge is 0.345 e. The number of halogens is 1. The fourth-order valence-electron chi connectivity index (χ4n) is 1.69. The van der Waals surface area contributed by atoms with Crippen LogP contribution in [0.25, 0.3) is 0 Å². The Morgan fingerprint density at radius 2 is 2.17 bits per heavy atom. The van der Waals surface area contributed by atoms with Crippen LogP contribution in [0.2, 0.25) is 0 Å². The molecule has 2 heteroatoms. The van der Waals surface area contributed by atoms with Crippen LogP contribution < -0.4 is 4.90 Å². The van der Waals surface area contributed by atoms with Crippen molar-refractivity contribution in [1.82, 2.24) is 0 Å². The Hall–Kier alpha value is -1.05. The van der Waals surface area contributed by atoms with E-state index in [0.29, 0.717) is 6.42 Å². The molecule has 1 aliphatic rings. The molecule has 0 aromatic heterocycles. The molecule has 1 heterocycles. The van der Waals surface area contributed by atoms with Crippen molar-refractivity contribution in [2.45, 2.75) is 19.1 Å². The Labute approximate surface area is 71.8 Å². The first-order valence-corrected chi connectivity index (χ1v) is 4.24. The zero-order chi connectivity index (χ0) is 8.55. The smallest absolute Gasteiger partial charge is 0.172 e. The lowest BCUT2D eigenvalue weighted by Crippen LogP contribution is -2.32. The van der Waals surface area contributed by atoms with Crippen molar-refractivity contribution in [3.8, 4) is 0 Å². The maximum absolute atomic E-state index is 13.2. The van der Waals surface area contributed by atoms with E-state index in [-0.39, 0.29) is 0 Å². The zero-order valence-electron chi connectivity index (χ0n) is 7.13. The van der Waals surface area contributed by atoms with Gasteiger partial charge < -0.3 is 4.90 Å². The van der Waals surface area contributed by atoms with Gasteiger partial charge in [-0.3, -0.25) is 0 Å². The van der Waals surface area contributed by atoms with E-state index < -0.39 is 6.30 Å². The van der Waals surface area contributed by atoms with Crippen molar-refractivity contribution in [3.63, 3.8) is 0 Å². The lowest BCUT2D eigenvalue weighted by atomic mass is 10.0. The van der Waals surface area contributed by atoms with E-state index in [2.05, 4.69) is 6.07 Å². The summed E-state index contributed by atoms with van der Waals surface area (Å²) in [6.45, 7) is 0. The van der Waals surface area contributed by atoms with Crippen LogP contribution in [0.3, 0.4) is 0 Å². The molecule has 0 saturated heterocycles. The second-order valence-corrected chi connectivity index (χ2v) is 3.21. The first-order valence-electron chi connectivity index (χ1n) is 4.24. The standard InChI is InChI=1S/C10H12FN/c1-12-9-5-3-2-4-8(9)6-7-10(12)11/h2-5,10H,6-7H2,1H3. The summed E-state index contributed by atoms with van der Waals surface area (Å²) in [6.07, 6.45) is 0.676. The quantitative estimate of drug-likeness (QED) is 0.533. The number of hydrogen-bond acceptors (Lipinski definition) is 1. The van der Waals surface area contributed by atoms with Gasteiger partial charge in [0.25, 0.3) is 0 Å². The number of rotatable bonds is 0. The summed E-state index contributed by atoms with van der Waals surface area (Å²) in [5.41, 5.74) is 2.30. The molecule has 0 aliphatic carbocycles. The molecule has 0 N–H and O–H groups in total. The molecule has 0 bridgehead atoms.